The molecule has 0 aliphatic rings. The first kappa shape index (κ1) is 12.2. The minimum Gasteiger partial charge on any atom is -0.497 e. The molecule has 1 aromatic carbocycles. The predicted octanol–water partition coefficient (Wildman–Crippen LogP) is 0.764. The van der Waals surface area contributed by atoms with Crippen LogP contribution >= 0.6 is 12.4 Å². The van der Waals surface area contributed by atoms with E-state index in [-0.39, 0.29) is 17.3 Å². The van der Waals surface area contributed by atoms with Gasteiger partial charge in [0.25, 0.3) is 0 Å². The zero-order valence-electron chi connectivity index (χ0n) is 6.93. The van der Waals surface area contributed by atoms with Crippen LogP contribution in [0.5, 0.6) is 5.75 Å². The van der Waals surface area contributed by atoms with E-state index in [4.69, 9.17) is 9.88 Å². The second-order valence-electron chi connectivity index (χ2n) is 2.22. The molecule has 0 unspecified atom stereocenters. The van der Waals surface area contributed by atoms with Crippen molar-refractivity contribution in [3.63, 3.8) is 0 Å². The van der Waals surface area contributed by atoms with Crippen LogP contribution in [0.25, 0.3) is 0 Å². The van der Waals surface area contributed by atoms with Gasteiger partial charge in [-0.25, -0.2) is 13.6 Å². The molecule has 0 heterocycles. The number of sulfonamides is 1. The Morgan fingerprint density at radius 1 is 1.23 bits per heavy atom. The smallest absolute Gasteiger partial charge is 0.238 e. The van der Waals surface area contributed by atoms with E-state index in [0.29, 0.717) is 5.75 Å². The molecule has 13 heavy (non-hydrogen) atoms. The molecule has 0 aromatic heterocycles. The molecule has 0 bridgehead atoms. The number of benzene rings is 1. The summed E-state index contributed by atoms with van der Waals surface area (Å²) in [6, 6.07) is 5.88. The highest BCUT2D eigenvalue weighted by Gasteiger charge is 2.05. The van der Waals surface area contributed by atoms with Crippen molar-refractivity contribution >= 4 is 22.4 Å². The molecule has 0 saturated heterocycles. The zero-order valence-corrected chi connectivity index (χ0v) is 8.56. The van der Waals surface area contributed by atoms with Gasteiger partial charge in [0.1, 0.15) is 5.75 Å². The summed E-state index contributed by atoms with van der Waals surface area (Å²) < 4.78 is 26.4. The fourth-order valence-electron chi connectivity index (χ4n) is 0.765. The second-order valence-corrected chi connectivity index (χ2v) is 3.78. The van der Waals surface area contributed by atoms with Crippen LogP contribution in [0.3, 0.4) is 0 Å². The topological polar surface area (TPSA) is 69.4 Å². The fourth-order valence-corrected chi connectivity index (χ4v) is 1.28. The number of hydrogen-bond donors (Lipinski definition) is 1. The van der Waals surface area contributed by atoms with Gasteiger partial charge in [-0.1, -0.05) is 0 Å². The average Bonchev–Trinajstić information content (AvgIpc) is 2.03. The molecule has 0 fully saturated rings. The Kier molecular flexibility index (Phi) is 4.19. The summed E-state index contributed by atoms with van der Waals surface area (Å²) in [5, 5.41) is 4.88. The van der Waals surface area contributed by atoms with Crippen molar-refractivity contribution in [3.8, 4) is 5.75 Å². The summed E-state index contributed by atoms with van der Waals surface area (Å²) in [6.07, 6.45) is 0. The first-order chi connectivity index (χ1) is 5.54. The van der Waals surface area contributed by atoms with Crippen LogP contribution in [-0.2, 0) is 10.0 Å². The number of primary sulfonamides is 1. The van der Waals surface area contributed by atoms with Gasteiger partial charge in [0.05, 0.1) is 12.0 Å². The van der Waals surface area contributed by atoms with E-state index < -0.39 is 10.0 Å². The lowest BCUT2D eigenvalue weighted by Crippen LogP contribution is -2.11. The molecule has 0 atom stereocenters. The van der Waals surface area contributed by atoms with E-state index in [1.54, 1.807) is 12.1 Å². The van der Waals surface area contributed by atoms with Crippen molar-refractivity contribution in [2.45, 2.75) is 4.90 Å². The largest absolute Gasteiger partial charge is 0.497 e. The maximum absolute atomic E-state index is 10.8. The monoisotopic (exact) mass is 223 g/mol. The van der Waals surface area contributed by atoms with Crippen molar-refractivity contribution in [2.24, 2.45) is 5.14 Å². The molecular weight excluding hydrogens is 214 g/mol. The molecule has 0 amide bonds. The Labute approximate surface area is 83.2 Å². The van der Waals surface area contributed by atoms with Gasteiger partial charge in [-0.3, -0.25) is 0 Å². The van der Waals surface area contributed by atoms with Crippen LogP contribution in [0.2, 0.25) is 0 Å². The summed E-state index contributed by atoms with van der Waals surface area (Å²) >= 11 is 0. The molecule has 0 aliphatic carbocycles. The first-order valence-electron chi connectivity index (χ1n) is 3.21. The lowest BCUT2D eigenvalue weighted by Gasteiger charge is -2.00. The zero-order chi connectivity index (χ0) is 9.19. The summed E-state index contributed by atoms with van der Waals surface area (Å²) in [5.74, 6) is 0.599. The molecule has 1 rings (SSSR count). The van der Waals surface area contributed by atoms with E-state index in [0.717, 1.165) is 0 Å². The third kappa shape index (κ3) is 3.22. The molecule has 74 valence electrons. The fraction of sp³-hybridized carbons (Fsp3) is 0.143. The number of ether oxygens (including phenoxy) is 1. The Morgan fingerprint density at radius 3 is 2.00 bits per heavy atom. The lowest BCUT2D eigenvalue weighted by atomic mass is 10.3. The van der Waals surface area contributed by atoms with E-state index in [1.165, 1.54) is 19.2 Å². The van der Waals surface area contributed by atoms with Crippen LogP contribution in [0, 0.1) is 0 Å². The standard InChI is InChI=1S/C7H9NO3S.ClH/c1-11-6-2-4-7(5-3-6)12(8,9)10;/h2-5H,1H3,(H2,8,9,10);1H. The molecular formula is C7H10ClNO3S. The Morgan fingerprint density at radius 2 is 1.69 bits per heavy atom. The van der Waals surface area contributed by atoms with Gasteiger partial charge in [-0.05, 0) is 24.3 Å². The van der Waals surface area contributed by atoms with Crippen molar-refractivity contribution < 1.29 is 13.2 Å². The lowest BCUT2D eigenvalue weighted by molar-refractivity contribution is 0.414. The molecule has 0 radical (unpaired) electrons. The molecule has 2 N–H and O–H groups in total. The number of methoxy groups -OCH3 is 1. The molecule has 1 aromatic rings. The minimum atomic E-state index is -3.58. The van der Waals surface area contributed by atoms with Crippen LogP contribution in [0.4, 0.5) is 0 Å². The summed E-state index contributed by atoms with van der Waals surface area (Å²) in [5.41, 5.74) is 0. The van der Waals surface area contributed by atoms with E-state index in [9.17, 15) is 8.42 Å². The minimum absolute atomic E-state index is 0. The molecule has 0 spiro atoms. The quantitative estimate of drug-likeness (QED) is 0.805. The summed E-state index contributed by atoms with van der Waals surface area (Å²) in [4.78, 5) is 0.0864. The number of nitrogens with two attached hydrogens (primary N) is 1. The van der Waals surface area contributed by atoms with Gasteiger partial charge in [0.2, 0.25) is 10.0 Å². The van der Waals surface area contributed by atoms with Gasteiger partial charge in [0.15, 0.2) is 0 Å². The van der Waals surface area contributed by atoms with Gasteiger partial charge in [-0.15, -0.1) is 12.4 Å². The summed E-state index contributed by atoms with van der Waals surface area (Å²) in [6.45, 7) is 0. The molecule has 0 aliphatic heterocycles. The third-order valence-corrected chi connectivity index (χ3v) is 2.32. The van der Waals surface area contributed by atoms with Gasteiger partial charge < -0.3 is 4.74 Å². The van der Waals surface area contributed by atoms with E-state index in [2.05, 4.69) is 0 Å². The normalized spacial score (nSPS) is 10.3. The number of hydrogen-bond acceptors (Lipinski definition) is 3. The van der Waals surface area contributed by atoms with Gasteiger partial charge >= 0.3 is 0 Å². The molecule has 4 nitrogen and oxygen atoms in total. The maximum Gasteiger partial charge on any atom is 0.238 e. The van der Waals surface area contributed by atoms with Crippen LogP contribution in [-0.4, -0.2) is 15.5 Å². The number of halogens is 1. The Balaban J connectivity index is 0.00000144. The Bertz CT molecular complexity index is 360. The first-order valence-corrected chi connectivity index (χ1v) is 4.75. The predicted molar refractivity (Wildman–Crippen MR) is 51.6 cm³/mol. The number of rotatable bonds is 2. The van der Waals surface area contributed by atoms with Crippen LogP contribution in [0.15, 0.2) is 29.2 Å². The highest BCUT2D eigenvalue weighted by molar-refractivity contribution is 7.89. The summed E-state index contributed by atoms with van der Waals surface area (Å²) in [7, 11) is -2.08. The molecule has 0 saturated carbocycles. The average molecular weight is 224 g/mol. The van der Waals surface area contributed by atoms with Gasteiger partial charge in [0, 0.05) is 0 Å². The molecule has 6 heteroatoms. The SMILES string of the molecule is COc1ccc(S(N)(=O)=O)cc1.Cl. The van der Waals surface area contributed by atoms with Crippen molar-refractivity contribution in [3.05, 3.63) is 24.3 Å². The van der Waals surface area contributed by atoms with Crippen LogP contribution < -0.4 is 9.88 Å². The van der Waals surface area contributed by atoms with Gasteiger partial charge in [-0.2, -0.15) is 0 Å². The highest BCUT2D eigenvalue weighted by Crippen LogP contribution is 2.13. The van der Waals surface area contributed by atoms with Crippen LogP contribution in [0.1, 0.15) is 0 Å². The highest BCUT2D eigenvalue weighted by atomic mass is 35.5. The maximum atomic E-state index is 10.8. The third-order valence-electron chi connectivity index (χ3n) is 1.39. The van der Waals surface area contributed by atoms with Crippen molar-refractivity contribution in [1.29, 1.82) is 0 Å². The van der Waals surface area contributed by atoms with E-state index >= 15 is 0 Å². The van der Waals surface area contributed by atoms with E-state index in [1.807, 2.05) is 0 Å². The second kappa shape index (κ2) is 4.45. The van der Waals surface area contributed by atoms with Crippen molar-refractivity contribution in [1.82, 2.24) is 0 Å². The van der Waals surface area contributed by atoms with Crippen molar-refractivity contribution in [2.75, 3.05) is 7.11 Å². The Hall–Kier alpha value is -0.780.